The molecule has 112 valence electrons. The number of ether oxygens (including phenoxy) is 1. The van der Waals surface area contributed by atoms with Crippen LogP contribution in [0, 0.1) is 25.5 Å². The zero-order valence-corrected chi connectivity index (χ0v) is 13.0. The highest BCUT2D eigenvalue weighted by molar-refractivity contribution is 6.21. The molecule has 21 heavy (non-hydrogen) atoms. The lowest BCUT2D eigenvalue weighted by Crippen LogP contribution is -2.04. The van der Waals surface area contributed by atoms with Crippen molar-refractivity contribution < 1.29 is 13.5 Å². The maximum absolute atomic E-state index is 14.0. The van der Waals surface area contributed by atoms with Gasteiger partial charge in [0, 0.05) is 17.7 Å². The number of halogens is 3. The van der Waals surface area contributed by atoms with Crippen molar-refractivity contribution in [3.63, 3.8) is 0 Å². The first-order valence-electron chi connectivity index (χ1n) is 6.65. The van der Waals surface area contributed by atoms with E-state index in [-0.39, 0.29) is 11.3 Å². The third kappa shape index (κ3) is 3.53. The van der Waals surface area contributed by atoms with Gasteiger partial charge in [0.1, 0.15) is 17.4 Å². The Hall–Kier alpha value is -1.61. The fourth-order valence-electron chi connectivity index (χ4n) is 2.22. The van der Waals surface area contributed by atoms with Crippen molar-refractivity contribution in [2.75, 3.05) is 7.11 Å². The molecule has 4 heteroatoms. The van der Waals surface area contributed by atoms with Crippen LogP contribution in [0.3, 0.4) is 0 Å². The van der Waals surface area contributed by atoms with E-state index in [0.29, 0.717) is 6.42 Å². The molecule has 0 aromatic heterocycles. The second-order valence-electron chi connectivity index (χ2n) is 5.09. The van der Waals surface area contributed by atoms with E-state index in [0.717, 1.165) is 23.3 Å². The molecule has 0 N–H and O–H groups in total. The average molecular weight is 311 g/mol. The van der Waals surface area contributed by atoms with Gasteiger partial charge in [0.15, 0.2) is 0 Å². The number of benzene rings is 2. The van der Waals surface area contributed by atoms with E-state index in [1.54, 1.807) is 0 Å². The van der Waals surface area contributed by atoms with Crippen LogP contribution in [0.25, 0.3) is 0 Å². The summed E-state index contributed by atoms with van der Waals surface area (Å²) in [6, 6.07) is 8.19. The van der Waals surface area contributed by atoms with Gasteiger partial charge in [-0.05, 0) is 37.0 Å². The van der Waals surface area contributed by atoms with E-state index < -0.39 is 17.0 Å². The van der Waals surface area contributed by atoms with Gasteiger partial charge in [0.2, 0.25) is 0 Å². The van der Waals surface area contributed by atoms with Gasteiger partial charge in [-0.3, -0.25) is 0 Å². The minimum Gasteiger partial charge on any atom is -0.497 e. The van der Waals surface area contributed by atoms with Gasteiger partial charge in [-0.25, -0.2) is 8.78 Å². The van der Waals surface area contributed by atoms with Gasteiger partial charge in [0.25, 0.3) is 0 Å². The van der Waals surface area contributed by atoms with E-state index in [1.807, 2.05) is 32.0 Å². The summed E-state index contributed by atoms with van der Waals surface area (Å²) in [6.45, 7) is 4.01. The number of methoxy groups -OCH3 is 1. The molecule has 0 saturated carbocycles. The van der Waals surface area contributed by atoms with Crippen molar-refractivity contribution in [2.24, 2.45) is 0 Å². The van der Waals surface area contributed by atoms with Crippen LogP contribution < -0.4 is 4.74 Å². The molecule has 2 rings (SSSR count). The number of alkyl halides is 1. The lowest BCUT2D eigenvalue weighted by Gasteiger charge is -2.14. The first kappa shape index (κ1) is 15.8. The summed E-state index contributed by atoms with van der Waals surface area (Å²) >= 11 is 6.22. The minimum atomic E-state index is -0.766. The van der Waals surface area contributed by atoms with Crippen LogP contribution in [-0.2, 0) is 6.42 Å². The highest BCUT2D eigenvalue weighted by Crippen LogP contribution is 2.32. The molecule has 0 aliphatic rings. The third-order valence-electron chi connectivity index (χ3n) is 3.59. The Labute approximate surface area is 128 Å². The van der Waals surface area contributed by atoms with Crippen molar-refractivity contribution in [2.45, 2.75) is 25.6 Å². The van der Waals surface area contributed by atoms with E-state index >= 15 is 0 Å². The molecule has 0 bridgehead atoms. The largest absolute Gasteiger partial charge is 0.497 e. The Morgan fingerprint density at radius 2 is 1.67 bits per heavy atom. The first-order chi connectivity index (χ1) is 9.92. The SMILES string of the molecule is COc1cc(F)c(C(Cl)Cc2ccc(C)c(C)c2)c(F)c1. The van der Waals surface area contributed by atoms with Crippen LogP contribution in [0.15, 0.2) is 30.3 Å². The summed E-state index contributed by atoms with van der Waals surface area (Å²) in [4.78, 5) is 0. The maximum Gasteiger partial charge on any atom is 0.134 e. The molecule has 1 unspecified atom stereocenters. The monoisotopic (exact) mass is 310 g/mol. The second-order valence-corrected chi connectivity index (χ2v) is 5.62. The Kier molecular flexibility index (Phi) is 4.84. The molecule has 0 radical (unpaired) electrons. The molecule has 0 aliphatic heterocycles. The van der Waals surface area contributed by atoms with Crippen molar-refractivity contribution in [3.8, 4) is 5.75 Å². The molecule has 1 atom stereocenters. The Bertz CT molecular complexity index is 632. The maximum atomic E-state index is 14.0. The summed E-state index contributed by atoms with van der Waals surface area (Å²) in [7, 11) is 1.36. The number of hydrogen-bond donors (Lipinski definition) is 0. The molecule has 2 aromatic carbocycles. The van der Waals surface area contributed by atoms with E-state index in [9.17, 15) is 8.78 Å². The fourth-order valence-corrected chi connectivity index (χ4v) is 2.60. The average Bonchev–Trinajstić information content (AvgIpc) is 2.42. The van der Waals surface area contributed by atoms with Gasteiger partial charge in [-0.1, -0.05) is 18.2 Å². The van der Waals surface area contributed by atoms with Crippen LogP contribution in [0.2, 0.25) is 0 Å². The first-order valence-corrected chi connectivity index (χ1v) is 7.09. The van der Waals surface area contributed by atoms with Crippen LogP contribution in [0.1, 0.15) is 27.6 Å². The quantitative estimate of drug-likeness (QED) is 0.713. The van der Waals surface area contributed by atoms with Gasteiger partial charge >= 0.3 is 0 Å². The molecule has 0 spiro atoms. The molecule has 0 aliphatic carbocycles. The summed E-state index contributed by atoms with van der Waals surface area (Å²) in [5.74, 6) is -1.23. The van der Waals surface area contributed by atoms with Crippen LogP contribution in [0.4, 0.5) is 8.78 Å². The van der Waals surface area contributed by atoms with Gasteiger partial charge in [0.05, 0.1) is 12.5 Å². The molecule has 0 fully saturated rings. The summed E-state index contributed by atoms with van der Waals surface area (Å²) in [5.41, 5.74) is 3.14. The van der Waals surface area contributed by atoms with E-state index in [2.05, 4.69) is 0 Å². The predicted molar refractivity (Wildman–Crippen MR) is 81.1 cm³/mol. The zero-order valence-electron chi connectivity index (χ0n) is 12.2. The number of rotatable bonds is 4. The van der Waals surface area contributed by atoms with Gasteiger partial charge in [-0.2, -0.15) is 0 Å². The molecule has 0 saturated heterocycles. The smallest absolute Gasteiger partial charge is 0.134 e. The fraction of sp³-hybridized carbons (Fsp3) is 0.294. The van der Waals surface area contributed by atoms with Crippen molar-refractivity contribution >= 4 is 11.6 Å². The Morgan fingerprint density at radius 1 is 1.05 bits per heavy atom. The van der Waals surface area contributed by atoms with Gasteiger partial charge in [-0.15, -0.1) is 11.6 Å². The lowest BCUT2D eigenvalue weighted by atomic mass is 9.99. The van der Waals surface area contributed by atoms with Crippen molar-refractivity contribution in [1.82, 2.24) is 0 Å². The predicted octanol–water partition coefficient (Wildman–Crippen LogP) is 5.11. The van der Waals surface area contributed by atoms with E-state index in [1.165, 1.54) is 12.7 Å². The molecule has 0 heterocycles. The van der Waals surface area contributed by atoms with Crippen molar-refractivity contribution in [3.05, 3.63) is 64.2 Å². The lowest BCUT2D eigenvalue weighted by molar-refractivity contribution is 0.405. The molecule has 0 amide bonds. The zero-order chi connectivity index (χ0) is 15.6. The molecule has 1 nitrogen and oxygen atoms in total. The molecule has 2 aromatic rings. The molecular weight excluding hydrogens is 294 g/mol. The van der Waals surface area contributed by atoms with Crippen LogP contribution in [-0.4, -0.2) is 7.11 Å². The summed E-state index contributed by atoms with van der Waals surface area (Å²) in [5, 5.41) is -0.766. The Balaban J connectivity index is 2.27. The summed E-state index contributed by atoms with van der Waals surface area (Å²) < 4.78 is 32.8. The van der Waals surface area contributed by atoms with Crippen LogP contribution >= 0.6 is 11.6 Å². The van der Waals surface area contributed by atoms with Crippen molar-refractivity contribution in [1.29, 1.82) is 0 Å². The van der Waals surface area contributed by atoms with Crippen LogP contribution in [0.5, 0.6) is 5.75 Å². The van der Waals surface area contributed by atoms with Gasteiger partial charge < -0.3 is 4.74 Å². The summed E-state index contributed by atoms with van der Waals surface area (Å²) in [6.07, 6.45) is 0.364. The minimum absolute atomic E-state index is 0.115. The molecular formula is C17H17ClF2O. The number of aryl methyl sites for hydroxylation is 2. The third-order valence-corrected chi connectivity index (χ3v) is 3.96. The highest BCUT2D eigenvalue weighted by Gasteiger charge is 2.20. The second kappa shape index (κ2) is 6.44. The topological polar surface area (TPSA) is 9.23 Å². The highest BCUT2D eigenvalue weighted by atomic mass is 35.5. The number of hydrogen-bond acceptors (Lipinski definition) is 1. The van der Waals surface area contributed by atoms with E-state index in [4.69, 9.17) is 16.3 Å². The normalized spacial score (nSPS) is 12.3. The standard InChI is InChI=1S/C17H17ClF2O/c1-10-4-5-12(6-11(10)2)7-14(18)17-15(19)8-13(21-3)9-16(17)20/h4-6,8-9,14H,7H2,1-3H3. The Morgan fingerprint density at radius 3 is 2.19 bits per heavy atom.